The molecule has 1 rings (SSSR count). The second-order valence-electron chi connectivity index (χ2n) is 16.5. The van der Waals surface area contributed by atoms with Crippen LogP contribution in [-0.2, 0) is 33.3 Å². The van der Waals surface area contributed by atoms with Gasteiger partial charge in [-0.15, -0.1) is 0 Å². The lowest BCUT2D eigenvalue weighted by Gasteiger charge is -2.22. The highest BCUT2D eigenvalue weighted by Gasteiger charge is 2.37. The minimum absolute atomic E-state index is 0.0320. The van der Waals surface area contributed by atoms with Gasteiger partial charge >= 0.3 is 17.9 Å². The van der Waals surface area contributed by atoms with Gasteiger partial charge in [-0.3, -0.25) is 19.3 Å². The maximum absolute atomic E-state index is 13.1. The van der Waals surface area contributed by atoms with E-state index in [1.807, 2.05) is 0 Å². The first-order chi connectivity index (χ1) is 26.9. The molecule has 0 N–H and O–H groups in total. The zero-order valence-corrected chi connectivity index (χ0v) is 36.7. The van der Waals surface area contributed by atoms with E-state index in [2.05, 4.69) is 25.7 Å². The van der Waals surface area contributed by atoms with Crippen LogP contribution in [0.4, 0.5) is 0 Å². The molecule has 1 fully saturated rings. The molecule has 0 aromatic rings. The third kappa shape index (κ3) is 30.1. The SMILES string of the molecule is CCCCCCCCCCCOC(=O)CCCCCN1CC(OC)CC1C(=O)OCCCCCCC(=O)OC(CCCCCCCC)CCCCCCCC. The van der Waals surface area contributed by atoms with Crippen molar-refractivity contribution in [2.45, 2.75) is 251 Å². The summed E-state index contributed by atoms with van der Waals surface area (Å²) in [5, 5.41) is 0. The summed E-state index contributed by atoms with van der Waals surface area (Å²) in [6.07, 6.45) is 36.2. The summed E-state index contributed by atoms with van der Waals surface area (Å²) in [5.41, 5.74) is 0. The van der Waals surface area contributed by atoms with Crippen LogP contribution in [0.3, 0.4) is 0 Å². The molecule has 1 heterocycles. The molecule has 0 aromatic heterocycles. The Kier molecular flexibility index (Phi) is 35.4. The number of rotatable bonds is 40. The lowest BCUT2D eigenvalue weighted by Crippen LogP contribution is -2.38. The van der Waals surface area contributed by atoms with Crippen molar-refractivity contribution in [3.05, 3.63) is 0 Å². The molecule has 1 saturated heterocycles. The number of carbonyl (C=O) groups excluding carboxylic acids is 3. The summed E-state index contributed by atoms with van der Waals surface area (Å²) in [6.45, 7) is 9.22. The van der Waals surface area contributed by atoms with Crippen LogP contribution in [0.5, 0.6) is 0 Å². The van der Waals surface area contributed by atoms with Crippen LogP contribution >= 0.6 is 0 Å². The van der Waals surface area contributed by atoms with Crippen molar-refractivity contribution < 1.29 is 33.3 Å². The highest BCUT2D eigenvalue weighted by Crippen LogP contribution is 2.23. The average molecular weight is 780 g/mol. The fourth-order valence-corrected chi connectivity index (χ4v) is 7.76. The third-order valence-corrected chi connectivity index (χ3v) is 11.4. The first kappa shape index (κ1) is 51.3. The van der Waals surface area contributed by atoms with E-state index in [-0.39, 0.29) is 36.2 Å². The average Bonchev–Trinajstić information content (AvgIpc) is 3.61. The van der Waals surface area contributed by atoms with Crippen molar-refractivity contribution in [2.75, 3.05) is 33.4 Å². The maximum atomic E-state index is 13.1. The van der Waals surface area contributed by atoms with Crippen molar-refractivity contribution in [1.82, 2.24) is 4.90 Å². The second-order valence-corrected chi connectivity index (χ2v) is 16.5. The smallest absolute Gasteiger partial charge is 0.323 e. The van der Waals surface area contributed by atoms with Crippen LogP contribution in [0, 0.1) is 0 Å². The van der Waals surface area contributed by atoms with Gasteiger partial charge < -0.3 is 18.9 Å². The minimum Gasteiger partial charge on any atom is -0.466 e. The number of esters is 3. The molecule has 0 bridgehead atoms. The van der Waals surface area contributed by atoms with Crippen molar-refractivity contribution in [2.24, 2.45) is 0 Å². The zero-order valence-electron chi connectivity index (χ0n) is 36.7. The monoisotopic (exact) mass is 780 g/mol. The number of unbranched alkanes of at least 4 members (excludes halogenated alkanes) is 23. The highest BCUT2D eigenvalue weighted by atomic mass is 16.5. The Bertz CT molecular complexity index is 883. The lowest BCUT2D eigenvalue weighted by atomic mass is 10.0. The Balaban J connectivity index is 2.20. The molecule has 1 aliphatic heterocycles. The molecule has 0 aliphatic carbocycles. The van der Waals surface area contributed by atoms with Gasteiger partial charge in [0.1, 0.15) is 12.1 Å². The van der Waals surface area contributed by atoms with Gasteiger partial charge in [0.05, 0.1) is 19.3 Å². The summed E-state index contributed by atoms with van der Waals surface area (Å²) >= 11 is 0. The normalized spacial score (nSPS) is 15.9. The first-order valence-electron chi connectivity index (χ1n) is 23.7. The molecule has 0 aromatic carbocycles. The van der Waals surface area contributed by atoms with Crippen LogP contribution < -0.4 is 0 Å². The fraction of sp³-hybridized carbons (Fsp3) is 0.936. The molecule has 324 valence electrons. The van der Waals surface area contributed by atoms with Crippen molar-refractivity contribution in [1.29, 1.82) is 0 Å². The molecule has 0 saturated carbocycles. The molecule has 0 amide bonds. The van der Waals surface area contributed by atoms with E-state index in [1.54, 1.807) is 7.11 Å². The van der Waals surface area contributed by atoms with Crippen molar-refractivity contribution in [3.63, 3.8) is 0 Å². The van der Waals surface area contributed by atoms with Crippen molar-refractivity contribution >= 4 is 17.9 Å². The maximum Gasteiger partial charge on any atom is 0.323 e. The van der Waals surface area contributed by atoms with Crippen molar-refractivity contribution in [3.8, 4) is 0 Å². The van der Waals surface area contributed by atoms with Gasteiger partial charge in [0.25, 0.3) is 0 Å². The molecular formula is C47H89NO7. The number of hydrogen-bond acceptors (Lipinski definition) is 8. The van der Waals surface area contributed by atoms with Gasteiger partial charge in [-0.25, -0.2) is 0 Å². The summed E-state index contributed by atoms with van der Waals surface area (Å²) in [5.74, 6) is -0.301. The summed E-state index contributed by atoms with van der Waals surface area (Å²) < 4.78 is 22.8. The molecule has 8 nitrogen and oxygen atoms in total. The van der Waals surface area contributed by atoms with E-state index in [9.17, 15) is 14.4 Å². The van der Waals surface area contributed by atoms with Crippen LogP contribution in [0.1, 0.15) is 233 Å². The zero-order chi connectivity index (χ0) is 40.0. The highest BCUT2D eigenvalue weighted by molar-refractivity contribution is 5.76. The van der Waals surface area contributed by atoms with Crippen LogP contribution in [0.15, 0.2) is 0 Å². The Labute approximate surface area is 339 Å². The number of methoxy groups -OCH3 is 1. The molecule has 0 spiro atoms. The van der Waals surface area contributed by atoms with Gasteiger partial charge in [-0.2, -0.15) is 0 Å². The van der Waals surface area contributed by atoms with E-state index in [0.717, 1.165) is 96.6 Å². The lowest BCUT2D eigenvalue weighted by molar-refractivity contribution is -0.150. The predicted octanol–water partition coefficient (Wildman–Crippen LogP) is 12.6. The Hall–Kier alpha value is -1.67. The number of hydrogen-bond donors (Lipinski definition) is 0. The molecule has 2 unspecified atom stereocenters. The molecule has 8 heteroatoms. The van der Waals surface area contributed by atoms with E-state index < -0.39 is 0 Å². The predicted molar refractivity (Wildman–Crippen MR) is 227 cm³/mol. The first-order valence-corrected chi connectivity index (χ1v) is 23.7. The van der Waals surface area contributed by atoms with Gasteiger partial charge in [0.15, 0.2) is 0 Å². The Morgan fingerprint density at radius 1 is 0.527 bits per heavy atom. The quantitative estimate of drug-likeness (QED) is 0.0345. The molecule has 1 aliphatic rings. The Morgan fingerprint density at radius 3 is 1.49 bits per heavy atom. The minimum atomic E-state index is -0.276. The van der Waals surface area contributed by atoms with Crippen LogP contribution in [0.25, 0.3) is 0 Å². The van der Waals surface area contributed by atoms with Crippen LogP contribution in [-0.4, -0.2) is 74.5 Å². The second kappa shape index (κ2) is 37.9. The van der Waals surface area contributed by atoms with E-state index in [1.165, 1.54) is 109 Å². The van der Waals surface area contributed by atoms with Gasteiger partial charge in [-0.05, 0) is 64.3 Å². The third-order valence-electron chi connectivity index (χ3n) is 11.4. The van der Waals surface area contributed by atoms with Gasteiger partial charge in [-0.1, -0.05) is 156 Å². The molecule has 55 heavy (non-hydrogen) atoms. The number of likely N-dealkylation sites (tertiary alicyclic amines) is 1. The summed E-state index contributed by atoms with van der Waals surface area (Å²) in [7, 11) is 1.71. The molecular weight excluding hydrogens is 691 g/mol. The number of ether oxygens (including phenoxy) is 4. The largest absolute Gasteiger partial charge is 0.466 e. The Morgan fingerprint density at radius 2 is 0.964 bits per heavy atom. The number of nitrogens with zero attached hydrogens (tertiary/aromatic N) is 1. The topological polar surface area (TPSA) is 91.4 Å². The van der Waals surface area contributed by atoms with E-state index in [0.29, 0.717) is 32.5 Å². The van der Waals surface area contributed by atoms with Crippen LogP contribution in [0.2, 0.25) is 0 Å². The van der Waals surface area contributed by atoms with E-state index >= 15 is 0 Å². The van der Waals surface area contributed by atoms with Gasteiger partial charge in [0, 0.05) is 32.9 Å². The molecule has 2 atom stereocenters. The van der Waals surface area contributed by atoms with E-state index in [4.69, 9.17) is 18.9 Å². The van der Waals surface area contributed by atoms with Gasteiger partial charge in [0.2, 0.25) is 0 Å². The fourth-order valence-electron chi connectivity index (χ4n) is 7.76. The molecule has 0 radical (unpaired) electrons. The summed E-state index contributed by atoms with van der Waals surface area (Å²) in [4.78, 5) is 40.1. The standard InChI is InChI=1S/C47H89NO7/c1-5-8-11-14-17-18-19-23-31-38-53-45(49)35-29-25-30-37-48-41-43(52-4)40-44(48)47(51)54-39-32-24-22-28-36-46(50)55-42(33-26-20-15-12-9-6-2)34-27-21-16-13-10-7-3/h42-44H,5-41H2,1-4H3. The summed E-state index contributed by atoms with van der Waals surface area (Å²) in [6, 6.07) is -0.276. The number of carbonyl (C=O) groups is 3.